The molecule has 6 heteroatoms. The number of nitrogens with zero attached hydrogens (tertiary/aromatic N) is 4. The third kappa shape index (κ3) is 4.55. The van der Waals surface area contributed by atoms with E-state index >= 15 is 0 Å². The van der Waals surface area contributed by atoms with E-state index in [9.17, 15) is 0 Å². The Balaban J connectivity index is 1.31. The van der Waals surface area contributed by atoms with Crippen LogP contribution < -0.4 is 5.32 Å². The largest absolute Gasteiger partial charge is 0.369 e. The van der Waals surface area contributed by atoms with Gasteiger partial charge in [0.25, 0.3) is 0 Å². The van der Waals surface area contributed by atoms with Crippen LogP contribution in [-0.2, 0) is 11.3 Å². The molecule has 1 unspecified atom stereocenters. The summed E-state index contributed by atoms with van der Waals surface area (Å²) in [7, 11) is 0. The Hall–Kier alpha value is -3.35. The number of ether oxygens (including phenoxy) is 1. The average molecular weight is 412 g/mol. The molecule has 0 aliphatic carbocycles. The minimum absolute atomic E-state index is 0.0610. The zero-order valence-corrected chi connectivity index (χ0v) is 17.5. The van der Waals surface area contributed by atoms with E-state index in [-0.39, 0.29) is 6.10 Å². The number of rotatable bonds is 5. The zero-order valence-electron chi connectivity index (χ0n) is 17.5. The van der Waals surface area contributed by atoms with Crippen molar-refractivity contribution in [2.24, 2.45) is 0 Å². The van der Waals surface area contributed by atoms with Crippen molar-refractivity contribution >= 4 is 22.5 Å². The normalized spacial score (nSPS) is 17.0. The number of aryl methyl sites for hydroxylation is 1. The summed E-state index contributed by atoms with van der Waals surface area (Å²) in [6.07, 6.45) is 1.83. The molecule has 156 valence electrons. The molecular formula is C25H25N5O. The van der Waals surface area contributed by atoms with Gasteiger partial charge in [0.1, 0.15) is 17.7 Å². The standard InChI is InChI=1S/C25H25N5O/c1-18-6-4-10-24(27-18)29-25-11-5-9-22(28-25)23-17-30(14-15-31-23)16-19-12-13-26-21-8-3-2-7-20(19)21/h2-13,23H,14-17H2,1H3,(H,27,28,29). The molecule has 3 aromatic heterocycles. The monoisotopic (exact) mass is 411 g/mol. The smallest absolute Gasteiger partial charge is 0.131 e. The van der Waals surface area contributed by atoms with Gasteiger partial charge < -0.3 is 10.1 Å². The van der Waals surface area contributed by atoms with Crippen LogP contribution in [0.5, 0.6) is 0 Å². The van der Waals surface area contributed by atoms with Gasteiger partial charge in [-0.15, -0.1) is 0 Å². The fourth-order valence-corrected chi connectivity index (χ4v) is 4.00. The molecule has 1 N–H and O–H groups in total. The van der Waals surface area contributed by atoms with Gasteiger partial charge in [-0.3, -0.25) is 9.88 Å². The molecule has 1 atom stereocenters. The third-order valence-electron chi connectivity index (χ3n) is 5.53. The second-order valence-electron chi connectivity index (χ2n) is 7.82. The lowest BCUT2D eigenvalue weighted by molar-refractivity contribution is -0.0348. The van der Waals surface area contributed by atoms with Crippen molar-refractivity contribution in [2.75, 3.05) is 25.0 Å². The summed E-state index contributed by atoms with van der Waals surface area (Å²) in [5.41, 5.74) is 4.23. The van der Waals surface area contributed by atoms with Crippen molar-refractivity contribution in [1.82, 2.24) is 19.9 Å². The molecule has 1 aliphatic heterocycles. The van der Waals surface area contributed by atoms with E-state index in [2.05, 4.69) is 44.5 Å². The first kappa shape index (κ1) is 19.6. The summed E-state index contributed by atoms with van der Waals surface area (Å²) >= 11 is 0. The Morgan fingerprint density at radius 1 is 0.968 bits per heavy atom. The Morgan fingerprint density at radius 2 is 1.81 bits per heavy atom. The Kier molecular flexibility index (Phi) is 5.56. The van der Waals surface area contributed by atoms with Gasteiger partial charge in [0.15, 0.2) is 0 Å². The van der Waals surface area contributed by atoms with Crippen LogP contribution in [0.3, 0.4) is 0 Å². The molecule has 1 fully saturated rings. The van der Waals surface area contributed by atoms with Crippen LogP contribution in [0.25, 0.3) is 10.9 Å². The van der Waals surface area contributed by atoms with Crippen molar-refractivity contribution in [2.45, 2.75) is 19.6 Å². The van der Waals surface area contributed by atoms with Crippen LogP contribution in [-0.4, -0.2) is 39.5 Å². The van der Waals surface area contributed by atoms with Gasteiger partial charge in [-0.2, -0.15) is 0 Å². The molecule has 5 rings (SSSR count). The number of para-hydroxylation sites is 1. The Morgan fingerprint density at radius 3 is 2.71 bits per heavy atom. The van der Waals surface area contributed by atoms with E-state index in [4.69, 9.17) is 9.72 Å². The number of hydrogen-bond donors (Lipinski definition) is 1. The van der Waals surface area contributed by atoms with E-state index in [1.807, 2.05) is 55.6 Å². The fraction of sp³-hybridized carbons (Fsp3) is 0.240. The zero-order chi connectivity index (χ0) is 21.0. The van der Waals surface area contributed by atoms with E-state index in [1.165, 1.54) is 10.9 Å². The Labute approximate surface area is 181 Å². The van der Waals surface area contributed by atoms with E-state index in [1.54, 1.807) is 0 Å². The number of benzene rings is 1. The lowest BCUT2D eigenvalue weighted by atomic mass is 10.1. The van der Waals surface area contributed by atoms with Crippen LogP contribution in [0.1, 0.15) is 23.1 Å². The van der Waals surface area contributed by atoms with Gasteiger partial charge >= 0.3 is 0 Å². The molecule has 1 aliphatic rings. The topological polar surface area (TPSA) is 63.2 Å². The highest BCUT2D eigenvalue weighted by molar-refractivity contribution is 5.81. The van der Waals surface area contributed by atoms with Gasteiger partial charge in [-0.05, 0) is 48.9 Å². The number of nitrogens with one attached hydrogen (secondary N) is 1. The predicted octanol–water partition coefficient (Wildman–Crippen LogP) is 4.65. The molecule has 0 spiro atoms. The summed E-state index contributed by atoms with van der Waals surface area (Å²) in [6, 6.07) is 22.3. The summed E-state index contributed by atoms with van der Waals surface area (Å²) < 4.78 is 6.08. The van der Waals surface area contributed by atoms with Crippen molar-refractivity contribution < 1.29 is 4.74 Å². The molecular weight excluding hydrogens is 386 g/mol. The van der Waals surface area contributed by atoms with E-state index in [0.717, 1.165) is 48.2 Å². The number of hydrogen-bond acceptors (Lipinski definition) is 6. The minimum Gasteiger partial charge on any atom is -0.369 e. The number of fused-ring (bicyclic) bond motifs is 1. The maximum Gasteiger partial charge on any atom is 0.131 e. The first-order valence-corrected chi connectivity index (χ1v) is 10.6. The molecule has 0 bridgehead atoms. The van der Waals surface area contributed by atoms with Crippen molar-refractivity contribution in [3.63, 3.8) is 0 Å². The van der Waals surface area contributed by atoms with Gasteiger partial charge in [-0.1, -0.05) is 30.3 Å². The van der Waals surface area contributed by atoms with Crippen LogP contribution in [0.4, 0.5) is 11.6 Å². The molecule has 1 saturated heterocycles. The Bertz CT molecular complexity index is 1190. The minimum atomic E-state index is -0.0610. The van der Waals surface area contributed by atoms with E-state index < -0.39 is 0 Å². The highest BCUT2D eigenvalue weighted by Crippen LogP contribution is 2.25. The lowest BCUT2D eigenvalue weighted by Gasteiger charge is -2.33. The lowest BCUT2D eigenvalue weighted by Crippen LogP contribution is -2.38. The number of morpholine rings is 1. The fourth-order valence-electron chi connectivity index (χ4n) is 4.00. The van der Waals surface area contributed by atoms with E-state index in [0.29, 0.717) is 6.61 Å². The second kappa shape index (κ2) is 8.79. The number of aromatic nitrogens is 3. The molecule has 31 heavy (non-hydrogen) atoms. The SMILES string of the molecule is Cc1cccc(Nc2cccc(C3CN(Cc4ccnc5ccccc45)CCO3)n2)n1. The quantitative estimate of drug-likeness (QED) is 0.516. The average Bonchev–Trinajstić information content (AvgIpc) is 2.80. The summed E-state index contributed by atoms with van der Waals surface area (Å²) in [5, 5.41) is 4.51. The first-order chi connectivity index (χ1) is 15.2. The van der Waals surface area contributed by atoms with Gasteiger partial charge in [0, 0.05) is 36.9 Å². The van der Waals surface area contributed by atoms with Crippen LogP contribution in [0.15, 0.2) is 72.9 Å². The van der Waals surface area contributed by atoms with Gasteiger partial charge in [0.05, 0.1) is 17.8 Å². The van der Waals surface area contributed by atoms with Crippen LogP contribution in [0.2, 0.25) is 0 Å². The van der Waals surface area contributed by atoms with Crippen LogP contribution in [0, 0.1) is 6.92 Å². The molecule has 0 radical (unpaired) electrons. The summed E-state index contributed by atoms with van der Waals surface area (Å²) in [4.78, 5) is 16.2. The summed E-state index contributed by atoms with van der Waals surface area (Å²) in [6.45, 7) is 5.24. The molecule has 0 amide bonds. The maximum atomic E-state index is 6.08. The third-order valence-corrected chi connectivity index (χ3v) is 5.53. The number of pyridine rings is 3. The molecule has 6 nitrogen and oxygen atoms in total. The van der Waals surface area contributed by atoms with Crippen molar-refractivity contribution in [1.29, 1.82) is 0 Å². The number of anilines is 2. The summed E-state index contributed by atoms with van der Waals surface area (Å²) in [5.74, 6) is 1.57. The predicted molar refractivity (Wildman–Crippen MR) is 122 cm³/mol. The van der Waals surface area contributed by atoms with Crippen molar-refractivity contribution in [3.05, 3.63) is 89.9 Å². The highest BCUT2D eigenvalue weighted by Gasteiger charge is 2.23. The maximum absolute atomic E-state index is 6.08. The highest BCUT2D eigenvalue weighted by atomic mass is 16.5. The van der Waals surface area contributed by atoms with Gasteiger partial charge in [-0.25, -0.2) is 9.97 Å². The molecule has 4 aromatic rings. The second-order valence-corrected chi connectivity index (χ2v) is 7.82. The van der Waals surface area contributed by atoms with Gasteiger partial charge in [0.2, 0.25) is 0 Å². The van der Waals surface area contributed by atoms with Crippen molar-refractivity contribution in [3.8, 4) is 0 Å². The van der Waals surface area contributed by atoms with Crippen LogP contribution >= 0.6 is 0 Å². The molecule has 4 heterocycles. The first-order valence-electron chi connectivity index (χ1n) is 10.6. The molecule has 0 saturated carbocycles. The molecule has 1 aromatic carbocycles.